The lowest BCUT2D eigenvalue weighted by Gasteiger charge is -2.14. The molecule has 0 aliphatic heterocycles. The topological polar surface area (TPSA) is 40.5 Å². The van der Waals surface area contributed by atoms with Crippen molar-refractivity contribution in [1.82, 2.24) is 4.90 Å². The van der Waals surface area contributed by atoms with E-state index < -0.39 is 5.97 Å². The fraction of sp³-hybridized carbons (Fsp3) is 0.500. The number of carboxylic acids is 1. The van der Waals surface area contributed by atoms with E-state index in [0.29, 0.717) is 0 Å². The minimum atomic E-state index is -0.898. The molecule has 0 spiro atoms. The summed E-state index contributed by atoms with van der Waals surface area (Å²) in [6.45, 7) is 4.42. The van der Waals surface area contributed by atoms with Crippen molar-refractivity contribution in [2.45, 2.75) is 19.9 Å². The Labute approximate surface area is 112 Å². The van der Waals surface area contributed by atoms with Crippen LogP contribution in [0.5, 0.6) is 0 Å². The molecule has 2 atom stereocenters. The van der Waals surface area contributed by atoms with Crippen molar-refractivity contribution in [3.05, 3.63) is 28.0 Å². The van der Waals surface area contributed by atoms with Crippen LogP contribution in [-0.2, 0) is 11.3 Å². The first kappa shape index (κ1) is 13.3. The first-order chi connectivity index (χ1) is 8.54. The molecule has 1 saturated carbocycles. The summed E-state index contributed by atoms with van der Waals surface area (Å²) in [7, 11) is 2.15. The third-order valence-electron chi connectivity index (χ3n) is 3.32. The Balaban J connectivity index is 1.84. The van der Waals surface area contributed by atoms with Crippen LogP contribution >= 0.6 is 11.3 Å². The van der Waals surface area contributed by atoms with Crippen LogP contribution in [0.3, 0.4) is 0 Å². The lowest BCUT2D eigenvalue weighted by molar-refractivity contribution is -0.131. The van der Waals surface area contributed by atoms with Crippen molar-refractivity contribution in [2.75, 3.05) is 13.6 Å². The monoisotopic (exact) mass is 265 g/mol. The molecule has 2 unspecified atom stereocenters. The summed E-state index contributed by atoms with van der Waals surface area (Å²) in [4.78, 5) is 15.1. The van der Waals surface area contributed by atoms with Crippen molar-refractivity contribution >= 4 is 23.4 Å². The molecule has 1 aromatic rings. The number of nitrogens with zero attached hydrogens (tertiary/aromatic N) is 1. The van der Waals surface area contributed by atoms with E-state index in [1.165, 1.54) is 23.9 Å². The Hall–Kier alpha value is -1.13. The molecule has 0 aromatic carbocycles. The summed E-state index contributed by atoms with van der Waals surface area (Å²) in [5.41, 5.74) is 0. The summed E-state index contributed by atoms with van der Waals surface area (Å²) in [6.07, 6.45) is 4.20. The van der Waals surface area contributed by atoms with Gasteiger partial charge in [0.25, 0.3) is 0 Å². The van der Waals surface area contributed by atoms with Crippen molar-refractivity contribution in [3.63, 3.8) is 0 Å². The molecular formula is C14H19NO2S. The van der Waals surface area contributed by atoms with Crippen molar-refractivity contribution in [2.24, 2.45) is 11.8 Å². The quantitative estimate of drug-likeness (QED) is 0.804. The second-order valence-electron chi connectivity index (χ2n) is 5.15. The van der Waals surface area contributed by atoms with Crippen LogP contribution in [0.4, 0.5) is 0 Å². The van der Waals surface area contributed by atoms with Gasteiger partial charge < -0.3 is 10.0 Å². The Morgan fingerprint density at radius 3 is 2.94 bits per heavy atom. The highest BCUT2D eigenvalue weighted by Crippen LogP contribution is 2.38. The molecule has 0 amide bonds. The predicted molar refractivity (Wildman–Crippen MR) is 74.6 cm³/mol. The zero-order valence-electron chi connectivity index (χ0n) is 10.8. The van der Waals surface area contributed by atoms with Gasteiger partial charge in [-0.15, -0.1) is 11.3 Å². The second-order valence-corrected chi connectivity index (χ2v) is 6.35. The third kappa shape index (κ3) is 3.96. The predicted octanol–water partition coefficient (Wildman–Crippen LogP) is 2.93. The number of aliphatic carboxylic acids is 1. The Bertz CT molecular complexity index is 452. The normalized spacial score (nSPS) is 22.8. The van der Waals surface area contributed by atoms with Gasteiger partial charge in [0.05, 0.1) is 0 Å². The maximum absolute atomic E-state index is 10.4. The summed E-state index contributed by atoms with van der Waals surface area (Å²) in [5, 5.41) is 8.57. The van der Waals surface area contributed by atoms with Crippen molar-refractivity contribution in [1.29, 1.82) is 0 Å². The number of hydrogen-bond donors (Lipinski definition) is 1. The average Bonchev–Trinajstić information content (AvgIpc) is 2.79. The highest BCUT2D eigenvalue weighted by Gasteiger charge is 2.32. The zero-order valence-corrected chi connectivity index (χ0v) is 11.6. The molecule has 3 nitrogen and oxygen atoms in total. The van der Waals surface area contributed by atoms with E-state index in [1.807, 2.05) is 6.07 Å². The van der Waals surface area contributed by atoms with E-state index >= 15 is 0 Å². The summed E-state index contributed by atoms with van der Waals surface area (Å²) < 4.78 is 0. The molecule has 0 bridgehead atoms. The minimum absolute atomic E-state index is 0.876. The van der Waals surface area contributed by atoms with Gasteiger partial charge in [-0.1, -0.05) is 6.92 Å². The van der Waals surface area contributed by atoms with Gasteiger partial charge in [-0.25, -0.2) is 4.79 Å². The van der Waals surface area contributed by atoms with Crippen LogP contribution in [0.15, 0.2) is 18.2 Å². The van der Waals surface area contributed by atoms with Gasteiger partial charge in [0, 0.05) is 28.9 Å². The van der Waals surface area contributed by atoms with Gasteiger partial charge in [0.2, 0.25) is 0 Å². The van der Waals surface area contributed by atoms with Crippen LogP contribution in [0.25, 0.3) is 6.08 Å². The molecule has 1 aliphatic carbocycles. The summed E-state index contributed by atoms with van der Waals surface area (Å²) >= 11 is 1.66. The summed E-state index contributed by atoms with van der Waals surface area (Å²) in [5.74, 6) is 0.871. The lowest BCUT2D eigenvalue weighted by atomic mass is 10.3. The molecule has 0 radical (unpaired) electrons. The SMILES string of the molecule is CC1CC1CN(C)Cc1ccc(C=CC(=O)O)s1. The molecule has 1 aromatic heterocycles. The molecule has 1 fully saturated rings. The standard InChI is InChI=1S/C14H19NO2S/c1-10-7-11(10)8-15(2)9-13-4-3-12(18-13)5-6-14(16)17/h3-6,10-11H,7-9H2,1-2H3,(H,16,17). The number of thiophene rings is 1. The van der Waals surface area contributed by atoms with Crippen LogP contribution in [0, 0.1) is 11.8 Å². The van der Waals surface area contributed by atoms with Gasteiger partial charge in [-0.05, 0) is 43.5 Å². The molecular weight excluding hydrogens is 246 g/mol. The molecule has 18 heavy (non-hydrogen) atoms. The molecule has 1 heterocycles. The molecule has 4 heteroatoms. The zero-order chi connectivity index (χ0) is 13.1. The van der Waals surface area contributed by atoms with E-state index in [-0.39, 0.29) is 0 Å². The van der Waals surface area contributed by atoms with Crippen molar-refractivity contribution in [3.8, 4) is 0 Å². The Kier molecular flexibility index (Phi) is 4.19. The molecule has 2 rings (SSSR count). The van der Waals surface area contributed by atoms with Gasteiger partial charge in [-0.2, -0.15) is 0 Å². The number of carbonyl (C=O) groups is 1. The number of hydrogen-bond acceptors (Lipinski definition) is 3. The highest BCUT2D eigenvalue weighted by molar-refractivity contribution is 7.12. The number of carboxylic acid groups (broad SMARTS) is 1. The third-order valence-corrected chi connectivity index (χ3v) is 4.36. The van der Waals surface area contributed by atoms with E-state index in [2.05, 4.69) is 24.9 Å². The molecule has 0 saturated heterocycles. The van der Waals surface area contributed by atoms with E-state index in [9.17, 15) is 4.79 Å². The van der Waals surface area contributed by atoms with Crippen LogP contribution in [0.2, 0.25) is 0 Å². The molecule has 1 aliphatic rings. The Morgan fingerprint density at radius 1 is 1.61 bits per heavy atom. The van der Waals surface area contributed by atoms with Crippen LogP contribution in [-0.4, -0.2) is 29.6 Å². The Morgan fingerprint density at radius 2 is 2.33 bits per heavy atom. The smallest absolute Gasteiger partial charge is 0.328 e. The second kappa shape index (κ2) is 5.67. The highest BCUT2D eigenvalue weighted by atomic mass is 32.1. The first-order valence-corrected chi connectivity index (χ1v) is 7.04. The van der Waals surface area contributed by atoms with E-state index in [1.54, 1.807) is 17.4 Å². The molecule has 98 valence electrons. The van der Waals surface area contributed by atoms with Crippen LogP contribution < -0.4 is 0 Å². The van der Waals surface area contributed by atoms with Crippen LogP contribution in [0.1, 0.15) is 23.1 Å². The largest absolute Gasteiger partial charge is 0.478 e. The van der Waals surface area contributed by atoms with E-state index in [4.69, 9.17) is 5.11 Å². The first-order valence-electron chi connectivity index (χ1n) is 6.23. The summed E-state index contributed by atoms with van der Waals surface area (Å²) in [6, 6.07) is 4.06. The van der Waals surface area contributed by atoms with Gasteiger partial charge in [0.1, 0.15) is 0 Å². The average molecular weight is 265 g/mol. The maximum Gasteiger partial charge on any atom is 0.328 e. The van der Waals surface area contributed by atoms with Gasteiger partial charge in [0.15, 0.2) is 0 Å². The van der Waals surface area contributed by atoms with E-state index in [0.717, 1.165) is 23.3 Å². The van der Waals surface area contributed by atoms with Gasteiger partial charge >= 0.3 is 5.97 Å². The fourth-order valence-corrected chi connectivity index (χ4v) is 3.10. The lowest BCUT2D eigenvalue weighted by Crippen LogP contribution is -2.20. The fourth-order valence-electron chi connectivity index (χ4n) is 2.11. The number of rotatable bonds is 6. The molecule has 1 N–H and O–H groups in total. The minimum Gasteiger partial charge on any atom is -0.478 e. The van der Waals surface area contributed by atoms with Crippen molar-refractivity contribution < 1.29 is 9.90 Å². The maximum atomic E-state index is 10.4. The van der Waals surface area contributed by atoms with Gasteiger partial charge in [-0.3, -0.25) is 0 Å².